The molecular formula is C19H32BrN. The lowest BCUT2D eigenvalue weighted by atomic mass is 9.99. The summed E-state index contributed by atoms with van der Waals surface area (Å²) in [5.74, 6) is 0. The van der Waals surface area contributed by atoms with Crippen molar-refractivity contribution in [1.82, 2.24) is 5.32 Å². The first-order valence-electron chi connectivity index (χ1n) is 8.74. The van der Waals surface area contributed by atoms with Crippen molar-refractivity contribution in [1.29, 1.82) is 0 Å². The average molecular weight is 354 g/mol. The summed E-state index contributed by atoms with van der Waals surface area (Å²) in [6.45, 7) is 5.55. The Morgan fingerprint density at radius 1 is 1.00 bits per heavy atom. The second kappa shape index (κ2) is 12.2. The minimum Gasteiger partial charge on any atom is -0.314 e. The minimum absolute atomic E-state index is 0.625. The molecule has 1 atom stereocenters. The van der Waals surface area contributed by atoms with Crippen LogP contribution in [0.5, 0.6) is 0 Å². The largest absolute Gasteiger partial charge is 0.314 e. The lowest BCUT2D eigenvalue weighted by Gasteiger charge is -2.18. The molecule has 1 rings (SSSR count). The van der Waals surface area contributed by atoms with Gasteiger partial charge in [0.15, 0.2) is 0 Å². The van der Waals surface area contributed by atoms with E-state index in [0.717, 1.165) is 13.0 Å². The second-order valence-electron chi connectivity index (χ2n) is 6.00. The topological polar surface area (TPSA) is 12.0 Å². The van der Waals surface area contributed by atoms with Crippen LogP contribution >= 0.6 is 15.9 Å². The summed E-state index contributed by atoms with van der Waals surface area (Å²) in [4.78, 5) is 0. The predicted molar refractivity (Wildman–Crippen MR) is 97.9 cm³/mol. The van der Waals surface area contributed by atoms with Gasteiger partial charge in [-0.1, -0.05) is 86.9 Å². The highest BCUT2D eigenvalue weighted by molar-refractivity contribution is 9.10. The van der Waals surface area contributed by atoms with Crippen LogP contribution in [0, 0.1) is 0 Å². The molecule has 0 aliphatic heterocycles. The van der Waals surface area contributed by atoms with Crippen molar-refractivity contribution < 1.29 is 0 Å². The van der Waals surface area contributed by atoms with Crippen molar-refractivity contribution in [3.05, 3.63) is 34.3 Å². The number of benzene rings is 1. The molecule has 0 radical (unpaired) electrons. The summed E-state index contributed by atoms with van der Waals surface area (Å²) in [7, 11) is 0. The van der Waals surface area contributed by atoms with Gasteiger partial charge in [0.05, 0.1) is 0 Å². The zero-order valence-electron chi connectivity index (χ0n) is 13.8. The maximum Gasteiger partial charge on any atom is 0.0178 e. The first-order chi connectivity index (χ1) is 10.3. The van der Waals surface area contributed by atoms with Crippen LogP contribution in [0.4, 0.5) is 0 Å². The number of nitrogens with one attached hydrogen (secondary N) is 1. The van der Waals surface area contributed by atoms with E-state index in [1.165, 1.54) is 61.4 Å². The van der Waals surface area contributed by atoms with Crippen molar-refractivity contribution in [3.8, 4) is 0 Å². The molecule has 1 unspecified atom stereocenters. The van der Waals surface area contributed by atoms with E-state index in [9.17, 15) is 0 Å². The van der Waals surface area contributed by atoms with E-state index in [0.29, 0.717) is 6.04 Å². The van der Waals surface area contributed by atoms with Crippen LogP contribution in [0.25, 0.3) is 0 Å². The maximum atomic E-state index is 3.65. The average Bonchev–Trinajstić information content (AvgIpc) is 2.46. The third kappa shape index (κ3) is 9.31. The van der Waals surface area contributed by atoms with E-state index in [-0.39, 0.29) is 0 Å². The van der Waals surface area contributed by atoms with Gasteiger partial charge in [-0.3, -0.25) is 0 Å². The molecule has 0 aromatic heterocycles. The highest BCUT2D eigenvalue weighted by Crippen LogP contribution is 2.16. The number of likely N-dealkylation sites (N-methyl/N-ethyl adjacent to an activating group) is 1. The highest BCUT2D eigenvalue weighted by atomic mass is 79.9. The van der Waals surface area contributed by atoms with Crippen LogP contribution in [0.15, 0.2) is 28.7 Å². The molecule has 1 aromatic rings. The van der Waals surface area contributed by atoms with E-state index in [1.807, 2.05) is 0 Å². The van der Waals surface area contributed by atoms with Crippen LogP contribution in [-0.2, 0) is 6.42 Å². The Morgan fingerprint density at radius 2 is 1.71 bits per heavy atom. The van der Waals surface area contributed by atoms with Gasteiger partial charge in [0.25, 0.3) is 0 Å². The Balaban J connectivity index is 2.23. The van der Waals surface area contributed by atoms with E-state index in [1.54, 1.807) is 0 Å². The van der Waals surface area contributed by atoms with Crippen molar-refractivity contribution in [3.63, 3.8) is 0 Å². The molecule has 21 heavy (non-hydrogen) atoms. The molecule has 1 N–H and O–H groups in total. The molecule has 2 heteroatoms. The van der Waals surface area contributed by atoms with Gasteiger partial charge in [0, 0.05) is 10.5 Å². The van der Waals surface area contributed by atoms with Crippen molar-refractivity contribution >= 4 is 15.9 Å². The first-order valence-corrected chi connectivity index (χ1v) is 9.53. The molecule has 1 nitrogen and oxygen atoms in total. The smallest absolute Gasteiger partial charge is 0.0178 e. The normalized spacial score (nSPS) is 12.5. The quantitative estimate of drug-likeness (QED) is 0.447. The molecule has 0 spiro atoms. The van der Waals surface area contributed by atoms with Crippen LogP contribution in [-0.4, -0.2) is 12.6 Å². The maximum absolute atomic E-state index is 3.65. The van der Waals surface area contributed by atoms with Crippen LogP contribution < -0.4 is 5.32 Å². The van der Waals surface area contributed by atoms with Gasteiger partial charge in [-0.2, -0.15) is 0 Å². The Bertz CT molecular complexity index is 364. The predicted octanol–water partition coefficient (Wildman–Crippen LogP) is 6.11. The molecule has 0 bridgehead atoms. The molecule has 0 aliphatic rings. The fourth-order valence-electron chi connectivity index (χ4n) is 2.86. The van der Waals surface area contributed by atoms with E-state index in [4.69, 9.17) is 0 Å². The molecule has 0 heterocycles. The summed E-state index contributed by atoms with van der Waals surface area (Å²) in [6, 6.07) is 9.34. The Hall–Kier alpha value is -0.340. The summed E-state index contributed by atoms with van der Waals surface area (Å²) in [6.07, 6.45) is 12.2. The fraction of sp³-hybridized carbons (Fsp3) is 0.684. The van der Waals surface area contributed by atoms with Gasteiger partial charge in [0.1, 0.15) is 0 Å². The zero-order valence-corrected chi connectivity index (χ0v) is 15.4. The van der Waals surface area contributed by atoms with Crippen LogP contribution in [0.3, 0.4) is 0 Å². The van der Waals surface area contributed by atoms with Gasteiger partial charge < -0.3 is 5.32 Å². The third-order valence-corrected chi connectivity index (χ3v) is 4.51. The number of hydrogen-bond donors (Lipinski definition) is 1. The van der Waals surface area contributed by atoms with E-state index < -0.39 is 0 Å². The zero-order chi connectivity index (χ0) is 15.3. The lowest BCUT2D eigenvalue weighted by molar-refractivity contribution is 0.459. The number of halogens is 1. The third-order valence-electron chi connectivity index (χ3n) is 4.02. The molecule has 0 saturated carbocycles. The van der Waals surface area contributed by atoms with Crippen LogP contribution in [0.2, 0.25) is 0 Å². The molecule has 0 saturated heterocycles. The summed E-state index contributed by atoms with van der Waals surface area (Å²) >= 11 is 3.56. The highest BCUT2D eigenvalue weighted by Gasteiger charge is 2.08. The fourth-order valence-corrected chi connectivity index (χ4v) is 3.31. The van der Waals surface area contributed by atoms with E-state index in [2.05, 4.69) is 59.4 Å². The molecule has 120 valence electrons. The Kier molecular flexibility index (Phi) is 10.9. The summed E-state index contributed by atoms with van der Waals surface area (Å²) in [5, 5.41) is 3.65. The lowest BCUT2D eigenvalue weighted by Crippen LogP contribution is -2.30. The minimum atomic E-state index is 0.625. The van der Waals surface area contributed by atoms with E-state index >= 15 is 0 Å². The molecule has 0 aliphatic carbocycles. The van der Waals surface area contributed by atoms with Gasteiger partial charge in [0.2, 0.25) is 0 Å². The first kappa shape index (κ1) is 18.7. The second-order valence-corrected chi connectivity index (χ2v) is 6.91. The van der Waals surface area contributed by atoms with Gasteiger partial charge in [-0.05, 0) is 37.1 Å². The van der Waals surface area contributed by atoms with Crippen molar-refractivity contribution in [2.45, 2.75) is 77.7 Å². The summed E-state index contributed by atoms with van der Waals surface area (Å²) < 4.78 is 1.19. The molecule has 0 amide bonds. The number of unbranched alkanes of at least 4 members (excludes halogenated alkanes) is 6. The molecule has 0 fully saturated rings. The Labute approximate surface area is 140 Å². The molecule has 1 aromatic carbocycles. The standard InChI is InChI=1S/C19H32BrN/c1-3-5-6-7-8-9-10-14-19(21-4-2)16-17-12-11-13-18(20)15-17/h11-13,15,19,21H,3-10,14,16H2,1-2H3. The summed E-state index contributed by atoms with van der Waals surface area (Å²) in [5.41, 5.74) is 1.43. The van der Waals surface area contributed by atoms with Gasteiger partial charge in [-0.25, -0.2) is 0 Å². The van der Waals surface area contributed by atoms with Gasteiger partial charge >= 0.3 is 0 Å². The van der Waals surface area contributed by atoms with Crippen molar-refractivity contribution in [2.24, 2.45) is 0 Å². The molecular weight excluding hydrogens is 322 g/mol. The van der Waals surface area contributed by atoms with Crippen molar-refractivity contribution in [2.75, 3.05) is 6.54 Å². The van der Waals surface area contributed by atoms with Gasteiger partial charge in [-0.15, -0.1) is 0 Å². The van der Waals surface area contributed by atoms with Crippen LogP contribution in [0.1, 0.15) is 70.8 Å². The SMILES string of the molecule is CCCCCCCCCC(Cc1cccc(Br)c1)NCC. The number of hydrogen-bond acceptors (Lipinski definition) is 1. The Morgan fingerprint density at radius 3 is 2.38 bits per heavy atom. The number of rotatable bonds is 12. The monoisotopic (exact) mass is 353 g/mol.